The van der Waals surface area contributed by atoms with Crippen LogP contribution >= 0.6 is 0 Å². The molecule has 0 bridgehead atoms. The highest BCUT2D eigenvalue weighted by Gasteiger charge is 2.31. The molecule has 1 aromatic carbocycles. The highest BCUT2D eigenvalue weighted by Crippen LogP contribution is 2.31. The molecule has 0 spiro atoms. The number of likely N-dealkylation sites (tertiary alicyclic amines) is 1. The van der Waals surface area contributed by atoms with Crippen LogP contribution in [0.4, 0.5) is 0 Å². The van der Waals surface area contributed by atoms with Crippen molar-refractivity contribution < 1.29 is 14.3 Å². The fourth-order valence-electron chi connectivity index (χ4n) is 4.69. The van der Waals surface area contributed by atoms with Crippen LogP contribution in [0.15, 0.2) is 54.9 Å². The molecule has 2 aliphatic heterocycles. The number of rotatable bonds is 7. The minimum atomic E-state index is -0.0317. The maximum Gasteiger partial charge on any atom is 0.261 e. The molecule has 0 unspecified atom stereocenters. The van der Waals surface area contributed by atoms with Crippen LogP contribution < -0.4 is 4.74 Å². The number of hydrogen-bond acceptors (Lipinski definition) is 6. The molecule has 0 aliphatic carbocycles. The van der Waals surface area contributed by atoms with E-state index in [9.17, 15) is 4.79 Å². The van der Waals surface area contributed by atoms with Crippen molar-refractivity contribution in [1.29, 1.82) is 0 Å². The number of amides is 1. The van der Waals surface area contributed by atoms with E-state index in [2.05, 4.69) is 22.0 Å². The minimum absolute atomic E-state index is 0.00842. The Morgan fingerprint density at radius 3 is 2.71 bits per heavy atom. The van der Waals surface area contributed by atoms with Crippen molar-refractivity contribution in [3.05, 3.63) is 71.9 Å². The first kappa shape index (κ1) is 22.6. The summed E-state index contributed by atoms with van der Waals surface area (Å²) in [5, 5.41) is 0. The molecule has 0 radical (unpaired) electrons. The van der Waals surface area contributed by atoms with E-state index in [4.69, 9.17) is 14.5 Å². The molecule has 5 rings (SSSR count). The van der Waals surface area contributed by atoms with Gasteiger partial charge in [0.05, 0.1) is 24.9 Å². The van der Waals surface area contributed by atoms with Gasteiger partial charge in [-0.1, -0.05) is 18.2 Å². The number of nitrogens with zero attached hydrogens (tertiary/aromatic N) is 5. The number of pyridine rings is 1. The molecule has 178 valence electrons. The van der Waals surface area contributed by atoms with Gasteiger partial charge >= 0.3 is 0 Å². The molecule has 0 saturated carbocycles. The Kier molecular flexibility index (Phi) is 6.87. The van der Waals surface area contributed by atoms with Gasteiger partial charge in [0.25, 0.3) is 5.91 Å². The molecule has 8 heteroatoms. The van der Waals surface area contributed by atoms with Gasteiger partial charge in [0.2, 0.25) is 0 Å². The van der Waals surface area contributed by atoms with Crippen molar-refractivity contribution in [1.82, 2.24) is 24.3 Å². The van der Waals surface area contributed by atoms with Gasteiger partial charge in [-0.05, 0) is 49.6 Å². The van der Waals surface area contributed by atoms with Crippen LogP contribution in [-0.4, -0.2) is 69.7 Å². The molecule has 3 aromatic rings. The van der Waals surface area contributed by atoms with E-state index < -0.39 is 0 Å². The highest BCUT2D eigenvalue weighted by molar-refractivity contribution is 5.78. The molecule has 2 saturated heterocycles. The second-order valence-corrected chi connectivity index (χ2v) is 8.83. The molecule has 1 amide bonds. The summed E-state index contributed by atoms with van der Waals surface area (Å²) in [6.07, 6.45) is 5.53. The smallest absolute Gasteiger partial charge is 0.261 e. The van der Waals surface area contributed by atoms with Gasteiger partial charge in [0.15, 0.2) is 6.61 Å². The van der Waals surface area contributed by atoms with E-state index in [0.717, 1.165) is 69.6 Å². The SMILES string of the molecule is Cc1nccn1-c1cccc([C@@H]2CCCN2C(=O)COc2ccc(CN3CCOCC3)cc2)n1. The number of morpholine rings is 1. The third kappa shape index (κ3) is 5.13. The Labute approximate surface area is 200 Å². The standard InChI is InChI=1S/C26H31N5O3/c1-20-27-11-13-30(20)25-6-2-4-23(28-25)24-5-3-12-31(24)26(32)19-34-22-9-7-21(8-10-22)18-29-14-16-33-17-15-29/h2,4,6-11,13,24H,3,5,12,14-19H2,1H3/t24-/m0/s1. The minimum Gasteiger partial charge on any atom is -0.484 e. The van der Waals surface area contributed by atoms with Gasteiger partial charge in [0, 0.05) is 38.6 Å². The summed E-state index contributed by atoms with van der Waals surface area (Å²) in [5.41, 5.74) is 2.14. The van der Waals surface area contributed by atoms with Crippen molar-refractivity contribution in [2.75, 3.05) is 39.5 Å². The third-order valence-corrected chi connectivity index (χ3v) is 6.54. The van der Waals surface area contributed by atoms with E-state index >= 15 is 0 Å². The van der Waals surface area contributed by atoms with Gasteiger partial charge in [0.1, 0.15) is 17.4 Å². The first-order chi connectivity index (χ1) is 16.7. The van der Waals surface area contributed by atoms with Crippen LogP contribution in [0.3, 0.4) is 0 Å². The summed E-state index contributed by atoms with van der Waals surface area (Å²) >= 11 is 0. The number of aromatic nitrogens is 3. The van der Waals surface area contributed by atoms with Crippen molar-refractivity contribution in [2.45, 2.75) is 32.4 Å². The van der Waals surface area contributed by atoms with Crippen LogP contribution in [0.25, 0.3) is 5.82 Å². The molecule has 4 heterocycles. The van der Waals surface area contributed by atoms with Crippen molar-refractivity contribution in [2.24, 2.45) is 0 Å². The van der Waals surface area contributed by atoms with Gasteiger partial charge < -0.3 is 14.4 Å². The molecule has 8 nitrogen and oxygen atoms in total. The fraction of sp³-hybridized carbons (Fsp3) is 0.423. The van der Waals surface area contributed by atoms with E-state index in [-0.39, 0.29) is 18.6 Å². The van der Waals surface area contributed by atoms with Crippen molar-refractivity contribution >= 4 is 5.91 Å². The number of benzene rings is 1. The van der Waals surface area contributed by atoms with Crippen LogP contribution in [0.5, 0.6) is 5.75 Å². The van der Waals surface area contributed by atoms with Crippen molar-refractivity contribution in [3.63, 3.8) is 0 Å². The monoisotopic (exact) mass is 461 g/mol. The van der Waals surface area contributed by atoms with Crippen LogP contribution in [0.2, 0.25) is 0 Å². The number of imidazole rings is 1. The van der Waals surface area contributed by atoms with Crippen molar-refractivity contribution in [3.8, 4) is 11.6 Å². The summed E-state index contributed by atoms with van der Waals surface area (Å²) in [4.78, 5) is 26.5. The lowest BCUT2D eigenvalue weighted by Gasteiger charge is -2.26. The van der Waals surface area contributed by atoms with Gasteiger partial charge in [-0.25, -0.2) is 9.97 Å². The highest BCUT2D eigenvalue weighted by atomic mass is 16.5. The molecule has 2 fully saturated rings. The summed E-state index contributed by atoms with van der Waals surface area (Å²) in [6.45, 7) is 7.12. The Morgan fingerprint density at radius 2 is 1.94 bits per heavy atom. The third-order valence-electron chi connectivity index (χ3n) is 6.54. The molecular formula is C26H31N5O3. The summed E-state index contributed by atoms with van der Waals surface area (Å²) < 4.78 is 13.2. The molecule has 34 heavy (non-hydrogen) atoms. The lowest BCUT2D eigenvalue weighted by atomic mass is 10.1. The number of aryl methyl sites for hydroxylation is 1. The van der Waals surface area contributed by atoms with Crippen LogP contribution in [-0.2, 0) is 16.1 Å². The fourth-order valence-corrected chi connectivity index (χ4v) is 4.69. The van der Waals surface area contributed by atoms with Crippen LogP contribution in [0.1, 0.15) is 36.0 Å². The predicted molar refractivity (Wildman–Crippen MR) is 128 cm³/mol. The number of ether oxygens (including phenoxy) is 2. The lowest BCUT2D eigenvalue weighted by molar-refractivity contribution is -0.134. The quantitative estimate of drug-likeness (QED) is 0.538. The van der Waals surface area contributed by atoms with E-state index in [1.807, 2.05) is 52.9 Å². The first-order valence-electron chi connectivity index (χ1n) is 12.0. The number of hydrogen-bond donors (Lipinski definition) is 0. The Balaban J connectivity index is 1.19. The summed E-state index contributed by atoms with van der Waals surface area (Å²) in [6, 6.07) is 14.0. The largest absolute Gasteiger partial charge is 0.484 e. The second kappa shape index (κ2) is 10.4. The normalized spacial score (nSPS) is 18.9. The zero-order valence-electron chi connectivity index (χ0n) is 19.6. The average molecular weight is 462 g/mol. The first-order valence-corrected chi connectivity index (χ1v) is 12.0. The van der Waals surface area contributed by atoms with Gasteiger partial charge in [-0.3, -0.25) is 14.3 Å². The molecule has 2 aromatic heterocycles. The topological polar surface area (TPSA) is 72.7 Å². The Morgan fingerprint density at radius 1 is 1.12 bits per heavy atom. The van der Waals surface area contributed by atoms with Gasteiger partial charge in [-0.2, -0.15) is 0 Å². The zero-order valence-corrected chi connectivity index (χ0v) is 19.6. The van der Waals surface area contributed by atoms with Crippen LogP contribution in [0, 0.1) is 6.92 Å². The second-order valence-electron chi connectivity index (χ2n) is 8.83. The molecule has 0 N–H and O–H groups in total. The molecule has 1 atom stereocenters. The van der Waals surface area contributed by atoms with Gasteiger partial charge in [-0.15, -0.1) is 0 Å². The average Bonchev–Trinajstić information content (AvgIpc) is 3.54. The summed E-state index contributed by atoms with van der Waals surface area (Å²) in [5.74, 6) is 2.41. The maximum absolute atomic E-state index is 13.0. The summed E-state index contributed by atoms with van der Waals surface area (Å²) in [7, 11) is 0. The van der Waals surface area contributed by atoms with E-state index in [1.54, 1.807) is 6.20 Å². The maximum atomic E-state index is 13.0. The number of carbonyl (C=O) groups excluding carboxylic acids is 1. The predicted octanol–water partition coefficient (Wildman–Crippen LogP) is 3.15. The Bertz CT molecular complexity index is 1110. The molecule has 2 aliphatic rings. The molecular weight excluding hydrogens is 430 g/mol. The zero-order chi connectivity index (χ0) is 23.3. The Hall–Kier alpha value is -3.23. The van der Waals surface area contributed by atoms with E-state index in [0.29, 0.717) is 5.75 Å². The van der Waals surface area contributed by atoms with E-state index in [1.165, 1.54) is 5.56 Å². The number of carbonyl (C=O) groups is 1. The lowest BCUT2D eigenvalue weighted by Crippen LogP contribution is -2.35.